The molecule has 0 spiro atoms. The molecule has 3 aromatic rings. The Morgan fingerprint density at radius 3 is 2.05 bits per heavy atom. The first kappa shape index (κ1) is 13.9. The van der Waals surface area contributed by atoms with Crippen LogP contribution in [-0.4, -0.2) is 0 Å². The molecule has 1 N–H and O–H groups in total. The van der Waals surface area contributed by atoms with Gasteiger partial charge in [0.1, 0.15) is 0 Å². The van der Waals surface area contributed by atoms with Gasteiger partial charge in [0.05, 0.1) is 18.5 Å². The molecule has 2 nitrogen and oxygen atoms in total. The fraction of sp³-hybridized carbons (Fsp3) is 0.118. The first-order valence-corrected chi connectivity index (χ1v) is 8.42. The molecule has 104 valence electrons. The average molecular weight is 310 g/mol. The Morgan fingerprint density at radius 1 is 0.952 bits per heavy atom. The van der Waals surface area contributed by atoms with Crippen LogP contribution in [-0.2, 0) is 6.42 Å². The van der Waals surface area contributed by atoms with Crippen LogP contribution in [0, 0.1) is 11.3 Å². The van der Waals surface area contributed by atoms with Crippen LogP contribution in [0.15, 0.2) is 59.3 Å². The van der Waals surface area contributed by atoms with E-state index in [1.165, 1.54) is 9.75 Å². The second-order valence-electron chi connectivity index (χ2n) is 4.64. The molecule has 3 rings (SSSR count). The van der Waals surface area contributed by atoms with Gasteiger partial charge in [0.2, 0.25) is 0 Å². The lowest BCUT2D eigenvalue weighted by Gasteiger charge is -2.17. The van der Waals surface area contributed by atoms with Gasteiger partial charge in [-0.25, -0.2) is 0 Å². The van der Waals surface area contributed by atoms with Crippen LogP contribution in [0.3, 0.4) is 0 Å². The van der Waals surface area contributed by atoms with Gasteiger partial charge in [0.25, 0.3) is 0 Å². The summed E-state index contributed by atoms with van der Waals surface area (Å²) in [5.74, 6) is 0. The first-order chi connectivity index (χ1) is 10.4. The molecule has 0 fully saturated rings. The van der Waals surface area contributed by atoms with Crippen molar-refractivity contribution in [3.8, 4) is 6.07 Å². The fourth-order valence-electron chi connectivity index (χ4n) is 2.17. The highest BCUT2D eigenvalue weighted by Gasteiger charge is 2.15. The quantitative estimate of drug-likeness (QED) is 0.713. The first-order valence-electron chi connectivity index (χ1n) is 6.66. The molecule has 21 heavy (non-hydrogen) atoms. The predicted octanol–water partition coefficient (Wildman–Crippen LogP) is 5.08. The highest BCUT2D eigenvalue weighted by atomic mass is 32.1. The molecule has 0 atom stereocenters. The molecular formula is C17H14N2S2. The number of hydrogen-bond acceptors (Lipinski definition) is 4. The zero-order chi connectivity index (χ0) is 14.5. The topological polar surface area (TPSA) is 35.8 Å². The van der Waals surface area contributed by atoms with Crippen molar-refractivity contribution in [2.75, 3.05) is 5.32 Å². The summed E-state index contributed by atoms with van der Waals surface area (Å²) in [5, 5.41) is 16.5. The van der Waals surface area contributed by atoms with Crippen LogP contribution in [0.4, 0.5) is 5.69 Å². The normalized spacial score (nSPS) is 10.5. The Bertz CT molecular complexity index is 673. The monoisotopic (exact) mass is 310 g/mol. The van der Waals surface area contributed by atoms with Crippen molar-refractivity contribution in [3.63, 3.8) is 0 Å². The predicted molar refractivity (Wildman–Crippen MR) is 89.9 cm³/mol. The molecule has 2 heterocycles. The lowest BCUT2D eigenvalue weighted by Crippen LogP contribution is -2.09. The van der Waals surface area contributed by atoms with Crippen LogP contribution in [0.5, 0.6) is 0 Å². The van der Waals surface area contributed by atoms with E-state index in [-0.39, 0.29) is 6.04 Å². The summed E-state index contributed by atoms with van der Waals surface area (Å²) < 4.78 is 0. The summed E-state index contributed by atoms with van der Waals surface area (Å²) in [6.07, 6.45) is 0.458. The van der Waals surface area contributed by atoms with Crippen molar-refractivity contribution >= 4 is 28.4 Å². The van der Waals surface area contributed by atoms with Gasteiger partial charge in [0.15, 0.2) is 0 Å². The molecule has 0 amide bonds. The number of hydrogen-bond donors (Lipinski definition) is 1. The van der Waals surface area contributed by atoms with Gasteiger partial charge in [-0.1, -0.05) is 24.3 Å². The number of rotatable bonds is 5. The van der Waals surface area contributed by atoms with Gasteiger partial charge in [-0.3, -0.25) is 0 Å². The van der Waals surface area contributed by atoms with Crippen LogP contribution in [0.25, 0.3) is 0 Å². The average Bonchev–Trinajstić information content (AvgIpc) is 3.20. The summed E-state index contributed by atoms with van der Waals surface area (Å²) in [6.45, 7) is 0. The van der Waals surface area contributed by atoms with E-state index in [4.69, 9.17) is 5.26 Å². The molecule has 0 saturated heterocycles. The Balaban J connectivity index is 1.84. The summed E-state index contributed by atoms with van der Waals surface area (Å²) >= 11 is 3.52. The van der Waals surface area contributed by atoms with Crippen molar-refractivity contribution < 1.29 is 0 Å². The van der Waals surface area contributed by atoms with Crippen molar-refractivity contribution in [3.05, 3.63) is 74.6 Å². The maximum Gasteiger partial charge on any atom is 0.0953 e. The molecule has 4 heteroatoms. The van der Waals surface area contributed by atoms with E-state index in [9.17, 15) is 0 Å². The second-order valence-corrected chi connectivity index (χ2v) is 6.60. The summed E-state index contributed by atoms with van der Waals surface area (Å²) in [5.41, 5.74) is 2.12. The van der Waals surface area contributed by atoms with E-state index in [0.717, 1.165) is 11.3 Å². The third kappa shape index (κ3) is 3.33. The van der Waals surface area contributed by atoms with Crippen LogP contribution >= 0.6 is 22.7 Å². The Labute approximate surface area is 132 Å². The maximum absolute atomic E-state index is 8.72. The molecule has 0 aliphatic rings. The standard InChI is InChI=1S/C17H14N2S2/c18-10-9-13-5-7-14(8-6-13)19-17(15-3-1-11-20-15)16-4-2-12-21-16/h1-8,11-12,17,19H,9H2. The number of nitriles is 1. The number of thiophene rings is 2. The molecule has 2 aromatic heterocycles. The van der Waals surface area contributed by atoms with Crippen molar-refractivity contribution in [2.24, 2.45) is 0 Å². The summed E-state index contributed by atoms with van der Waals surface area (Å²) in [6, 6.07) is 18.9. The largest absolute Gasteiger partial charge is 0.373 e. The van der Waals surface area contributed by atoms with E-state index in [0.29, 0.717) is 6.42 Å². The SMILES string of the molecule is N#CCc1ccc(NC(c2cccs2)c2cccs2)cc1. The zero-order valence-corrected chi connectivity index (χ0v) is 13.0. The number of anilines is 1. The Hall–Kier alpha value is -2.09. The fourth-order valence-corrected chi connectivity index (χ4v) is 3.83. The second kappa shape index (κ2) is 6.57. The van der Waals surface area contributed by atoms with Crippen LogP contribution in [0.2, 0.25) is 0 Å². The molecular weight excluding hydrogens is 296 g/mol. The zero-order valence-electron chi connectivity index (χ0n) is 11.3. The molecule has 0 bridgehead atoms. The lowest BCUT2D eigenvalue weighted by atomic mass is 10.1. The smallest absolute Gasteiger partial charge is 0.0953 e. The minimum absolute atomic E-state index is 0.187. The Morgan fingerprint density at radius 2 is 1.57 bits per heavy atom. The van der Waals surface area contributed by atoms with Crippen LogP contribution in [0.1, 0.15) is 21.4 Å². The highest BCUT2D eigenvalue weighted by molar-refractivity contribution is 7.11. The van der Waals surface area contributed by atoms with Crippen molar-refractivity contribution in [2.45, 2.75) is 12.5 Å². The summed E-state index contributed by atoms with van der Waals surface area (Å²) in [7, 11) is 0. The van der Waals surface area contributed by atoms with Gasteiger partial charge in [-0.2, -0.15) is 5.26 Å². The minimum atomic E-state index is 0.187. The summed E-state index contributed by atoms with van der Waals surface area (Å²) in [4.78, 5) is 2.61. The molecule has 0 aliphatic carbocycles. The lowest BCUT2D eigenvalue weighted by molar-refractivity contribution is 0.992. The van der Waals surface area contributed by atoms with E-state index in [2.05, 4.69) is 46.4 Å². The van der Waals surface area contributed by atoms with Gasteiger partial charge >= 0.3 is 0 Å². The third-order valence-corrected chi connectivity index (χ3v) is 5.08. The van der Waals surface area contributed by atoms with Gasteiger partial charge < -0.3 is 5.32 Å². The minimum Gasteiger partial charge on any atom is -0.373 e. The van der Waals surface area contributed by atoms with Gasteiger partial charge in [0, 0.05) is 15.4 Å². The third-order valence-electron chi connectivity index (χ3n) is 3.20. The molecule has 0 unspecified atom stereocenters. The van der Waals surface area contributed by atoms with E-state index >= 15 is 0 Å². The van der Waals surface area contributed by atoms with E-state index in [1.54, 1.807) is 22.7 Å². The number of benzene rings is 1. The van der Waals surface area contributed by atoms with Crippen molar-refractivity contribution in [1.82, 2.24) is 0 Å². The molecule has 0 aliphatic heterocycles. The molecule has 1 aromatic carbocycles. The van der Waals surface area contributed by atoms with Crippen LogP contribution < -0.4 is 5.32 Å². The van der Waals surface area contributed by atoms with Crippen molar-refractivity contribution in [1.29, 1.82) is 5.26 Å². The van der Waals surface area contributed by atoms with Gasteiger partial charge in [-0.15, -0.1) is 22.7 Å². The molecule has 0 saturated carbocycles. The highest BCUT2D eigenvalue weighted by Crippen LogP contribution is 2.32. The Kier molecular flexibility index (Phi) is 4.34. The van der Waals surface area contributed by atoms with E-state index in [1.807, 2.05) is 24.3 Å². The molecule has 0 radical (unpaired) electrons. The number of nitrogens with one attached hydrogen (secondary N) is 1. The van der Waals surface area contributed by atoms with Gasteiger partial charge in [-0.05, 0) is 40.6 Å². The maximum atomic E-state index is 8.72. The van der Waals surface area contributed by atoms with E-state index < -0.39 is 0 Å². The number of nitrogens with zero attached hydrogens (tertiary/aromatic N) is 1.